The van der Waals surface area contributed by atoms with Gasteiger partial charge in [0.1, 0.15) is 0 Å². The number of carbonyl (C=O) groups excluding carboxylic acids is 4. The van der Waals surface area contributed by atoms with Crippen molar-refractivity contribution in [1.82, 2.24) is 10.9 Å². The van der Waals surface area contributed by atoms with Gasteiger partial charge in [0, 0.05) is 36.1 Å². The van der Waals surface area contributed by atoms with E-state index >= 15 is 0 Å². The quantitative estimate of drug-likeness (QED) is 0.112. The van der Waals surface area contributed by atoms with Crippen LogP contribution in [-0.2, 0) is 19.2 Å². The number of carbonyl (C=O) groups is 4. The molecule has 0 heterocycles. The van der Waals surface area contributed by atoms with Crippen LogP contribution in [0.25, 0.3) is 0 Å². The van der Waals surface area contributed by atoms with Gasteiger partial charge in [-0.2, -0.15) is 10.2 Å². The van der Waals surface area contributed by atoms with Gasteiger partial charge < -0.3 is 10.6 Å². The van der Waals surface area contributed by atoms with Crippen molar-refractivity contribution >= 4 is 46.4 Å². The molecule has 0 aromatic heterocycles. The Balaban J connectivity index is 1.10. The maximum absolute atomic E-state index is 12.5. The topological polar surface area (TPSA) is 141 Å². The fraction of sp³-hybridized carbons (Fsp3) is 0.500. The van der Waals surface area contributed by atoms with Crippen LogP contribution in [0.5, 0.6) is 0 Å². The highest BCUT2D eigenvalue weighted by Gasteiger charge is 2.22. The van der Waals surface area contributed by atoms with Crippen LogP contribution < -0.4 is 21.5 Å². The summed E-state index contributed by atoms with van der Waals surface area (Å²) >= 11 is 0. The molecule has 0 aliphatic heterocycles. The third-order valence-corrected chi connectivity index (χ3v) is 8.85. The van der Waals surface area contributed by atoms with Crippen LogP contribution in [0.1, 0.15) is 115 Å². The predicted molar refractivity (Wildman–Crippen MR) is 182 cm³/mol. The zero-order valence-corrected chi connectivity index (χ0v) is 27.2. The van der Waals surface area contributed by atoms with E-state index in [2.05, 4.69) is 31.7 Å². The predicted octanol–water partition coefficient (Wildman–Crippen LogP) is 6.67. The molecular weight excluding hydrogens is 580 g/mol. The van der Waals surface area contributed by atoms with Crippen molar-refractivity contribution in [2.75, 3.05) is 10.6 Å². The average Bonchev–Trinajstić information content (AvgIpc) is 3.09. The summed E-state index contributed by atoms with van der Waals surface area (Å²) in [5.41, 5.74) is 9.69. The second kappa shape index (κ2) is 18.0. The zero-order valence-electron chi connectivity index (χ0n) is 27.2. The number of anilines is 2. The number of nitrogens with zero attached hydrogens (tertiary/aromatic N) is 2. The highest BCUT2D eigenvalue weighted by Crippen LogP contribution is 2.26. The first-order valence-electron chi connectivity index (χ1n) is 16.8. The van der Waals surface area contributed by atoms with Crippen LogP contribution in [0.2, 0.25) is 0 Å². The molecule has 10 nitrogen and oxygen atoms in total. The second-order valence-corrected chi connectivity index (χ2v) is 12.5. The Morgan fingerprint density at radius 2 is 0.913 bits per heavy atom. The molecule has 4 N–H and O–H groups in total. The number of hydrazone groups is 2. The van der Waals surface area contributed by atoms with Crippen LogP contribution in [0.4, 0.5) is 11.4 Å². The summed E-state index contributed by atoms with van der Waals surface area (Å²) < 4.78 is 0. The minimum absolute atomic E-state index is 0.0873. The third-order valence-electron chi connectivity index (χ3n) is 8.85. The first-order valence-corrected chi connectivity index (χ1v) is 16.8. The number of benzene rings is 2. The van der Waals surface area contributed by atoms with Crippen LogP contribution in [0.3, 0.4) is 0 Å². The van der Waals surface area contributed by atoms with Gasteiger partial charge in [-0.3, -0.25) is 19.2 Å². The van der Waals surface area contributed by atoms with E-state index in [0.717, 1.165) is 73.9 Å². The summed E-state index contributed by atoms with van der Waals surface area (Å²) in [6.45, 7) is 3.63. The normalized spacial score (nSPS) is 16.4. The largest absolute Gasteiger partial charge is 0.326 e. The molecule has 2 aliphatic rings. The smallest absolute Gasteiger partial charge is 0.240 e. The number of unbranched alkanes of at least 4 members (excludes halogenated alkanes) is 1. The van der Waals surface area contributed by atoms with Crippen LogP contribution in [-0.4, -0.2) is 35.1 Å². The van der Waals surface area contributed by atoms with Crippen LogP contribution >= 0.6 is 0 Å². The van der Waals surface area contributed by atoms with Crippen LogP contribution in [0, 0.1) is 11.8 Å². The molecule has 0 saturated heterocycles. The van der Waals surface area contributed by atoms with E-state index in [1.165, 1.54) is 12.8 Å². The lowest BCUT2D eigenvalue weighted by Gasteiger charge is -2.20. The van der Waals surface area contributed by atoms with Gasteiger partial charge in [0.15, 0.2) is 0 Å². The Hall–Kier alpha value is -4.34. The lowest BCUT2D eigenvalue weighted by Crippen LogP contribution is -2.24. The summed E-state index contributed by atoms with van der Waals surface area (Å²) in [6, 6.07) is 14.9. The Morgan fingerprint density at radius 3 is 1.26 bits per heavy atom. The molecule has 2 fully saturated rings. The molecule has 10 heteroatoms. The third kappa shape index (κ3) is 11.2. The van der Waals surface area contributed by atoms with E-state index in [9.17, 15) is 19.2 Å². The van der Waals surface area contributed by atoms with E-state index in [4.69, 9.17) is 0 Å². The van der Waals surface area contributed by atoms with E-state index in [1.54, 1.807) is 0 Å². The molecule has 0 radical (unpaired) electrons. The Bertz CT molecular complexity index is 1280. The Kier molecular flexibility index (Phi) is 13.5. The summed E-state index contributed by atoms with van der Waals surface area (Å²) in [6.07, 6.45) is 12.3. The molecule has 0 bridgehead atoms. The summed E-state index contributed by atoms with van der Waals surface area (Å²) in [5, 5.41) is 14.4. The van der Waals surface area contributed by atoms with Gasteiger partial charge >= 0.3 is 0 Å². The molecule has 4 rings (SSSR count). The zero-order chi connectivity index (χ0) is 32.7. The molecular formula is C36H48N6O4. The first kappa shape index (κ1) is 34.5. The van der Waals surface area contributed by atoms with Crippen molar-refractivity contribution in [3.63, 3.8) is 0 Å². The van der Waals surface area contributed by atoms with E-state index in [1.807, 2.05) is 62.4 Å². The molecule has 2 saturated carbocycles. The molecule has 0 unspecified atom stereocenters. The number of nitrogens with one attached hydrogen (secondary N) is 4. The lowest BCUT2D eigenvalue weighted by molar-refractivity contribution is -0.123. The van der Waals surface area contributed by atoms with Gasteiger partial charge in [-0.25, -0.2) is 10.9 Å². The molecule has 46 heavy (non-hydrogen) atoms. The molecule has 0 atom stereocenters. The molecule has 2 aromatic rings. The van der Waals surface area contributed by atoms with Gasteiger partial charge in [-0.05, 0) is 87.8 Å². The summed E-state index contributed by atoms with van der Waals surface area (Å²) in [4.78, 5) is 49.5. The van der Waals surface area contributed by atoms with Gasteiger partial charge in [-0.1, -0.05) is 62.8 Å². The van der Waals surface area contributed by atoms with Crippen molar-refractivity contribution < 1.29 is 19.2 Å². The maximum Gasteiger partial charge on any atom is 0.240 e. The number of amides is 4. The highest BCUT2D eigenvalue weighted by molar-refractivity contribution is 6.01. The average molecular weight is 629 g/mol. The molecule has 2 aliphatic carbocycles. The lowest BCUT2D eigenvalue weighted by atomic mass is 9.88. The van der Waals surface area contributed by atoms with Gasteiger partial charge in [0.05, 0.1) is 11.4 Å². The molecule has 0 spiro atoms. The van der Waals surface area contributed by atoms with E-state index in [-0.39, 0.29) is 48.3 Å². The van der Waals surface area contributed by atoms with Gasteiger partial charge in [0.2, 0.25) is 23.6 Å². The molecule has 4 amide bonds. The maximum atomic E-state index is 12.5. The molecule has 2 aromatic carbocycles. The SMILES string of the molecule is CC(=NNC(=O)CCCCC(=O)NN=C(C)c1ccc(NC(=O)C2CCCCC2)cc1)c1ccc(NC(=O)C2CCCCC2)cc1. The summed E-state index contributed by atoms with van der Waals surface area (Å²) in [7, 11) is 0. The summed E-state index contributed by atoms with van der Waals surface area (Å²) in [5.74, 6) is -0.0667. The minimum Gasteiger partial charge on any atom is -0.326 e. The number of hydrogen-bond donors (Lipinski definition) is 4. The van der Waals surface area contributed by atoms with Gasteiger partial charge in [0.25, 0.3) is 0 Å². The number of hydrogen-bond acceptors (Lipinski definition) is 6. The minimum atomic E-state index is -0.219. The Morgan fingerprint density at radius 1 is 0.565 bits per heavy atom. The molecule has 246 valence electrons. The monoisotopic (exact) mass is 628 g/mol. The second-order valence-electron chi connectivity index (χ2n) is 12.5. The van der Waals surface area contributed by atoms with E-state index in [0.29, 0.717) is 24.3 Å². The van der Waals surface area contributed by atoms with Crippen molar-refractivity contribution in [3.05, 3.63) is 59.7 Å². The van der Waals surface area contributed by atoms with Crippen LogP contribution in [0.15, 0.2) is 58.7 Å². The Labute approximate surface area is 272 Å². The highest BCUT2D eigenvalue weighted by atomic mass is 16.2. The first-order chi connectivity index (χ1) is 22.3. The van der Waals surface area contributed by atoms with Crippen molar-refractivity contribution in [2.45, 2.75) is 104 Å². The van der Waals surface area contributed by atoms with E-state index < -0.39 is 0 Å². The van der Waals surface area contributed by atoms with Gasteiger partial charge in [-0.15, -0.1) is 0 Å². The fourth-order valence-corrected chi connectivity index (χ4v) is 5.91. The number of rotatable bonds is 13. The van der Waals surface area contributed by atoms with Crippen molar-refractivity contribution in [1.29, 1.82) is 0 Å². The van der Waals surface area contributed by atoms with Crippen molar-refractivity contribution in [2.24, 2.45) is 22.0 Å². The fourth-order valence-electron chi connectivity index (χ4n) is 5.91. The standard InChI is InChI=1S/C36H48N6O4/c1-25(27-17-21-31(22-18-27)37-35(45)29-11-5-3-6-12-29)39-41-33(43)15-9-10-16-34(44)42-40-26(2)28-19-23-32(24-20-28)38-36(46)30-13-7-4-8-14-30/h17-24,29-30H,3-16H2,1-2H3,(H,37,45)(H,38,46)(H,41,43)(H,42,44). The van der Waals surface area contributed by atoms with Crippen molar-refractivity contribution in [3.8, 4) is 0 Å².